The van der Waals surface area contributed by atoms with Gasteiger partial charge in [-0.2, -0.15) is 5.26 Å². The maximum Gasteiger partial charge on any atom is 0.244 e. The Morgan fingerprint density at radius 3 is 2.80 bits per heavy atom. The van der Waals surface area contributed by atoms with Crippen molar-refractivity contribution in [3.8, 4) is 17.7 Å². The van der Waals surface area contributed by atoms with Crippen molar-refractivity contribution in [3.63, 3.8) is 0 Å². The summed E-state index contributed by atoms with van der Waals surface area (Å²) in [6, 6.07) is 13.2. The molecule has 0 radical (unpaired) electrons. The minimum Gasteiger partial charge on any atom is -0.488 e. The van der Waals surface area contributed by atoms with Crippen LogP contribution in [0.4, 0.5) is 0 Å². The number of halogens is 3. The van der Waals surface area contributed by atoms with Gasteiger partial charge < -0.3 is 15.2 Å². The highest BCUT2D eigenvalue weighted by Gasteiger charge is 2.34. The molecule has 0 fully saturated rings. The van der Waals surface area contributed by atoms with Crippen molar-refractivity contribution in [1.29, 1.82) is 5.26 Å². The number of allylic oxidation sites excluding steroid dienone is 1. The summed E-state index contributed by atoms with van der Waals surface area (Å²) in [6.07, 6.45) is 0. The number of aromatic nitrogens is 2. The summed E-state index contributed by atoms with van der Waals surface area (Å²) in [5, 5.41) is 17.9. The minimum atomic E-state index is -0.370. The lowest BCUT2D eigenvalue weighted by atomic mass is 9.84. The van der Waals surface area contributed by atoms with Crippen LogP contribution in [0.1, 0.15) is 28.3 Å². The summed E-state index contributed by atoms with van der Waals surface area (Å²) < 4.78 is 12.4. The zero-order valence-electron chi connectivity index (χ0n) is 15.7. The van der Waals surface area contributed by atoms with Crippen LogP contribution in [0, 0.1) is 21.8 Å². The molecule has 6 nitrogen and oxygen atoms in total. The highest BCUT2D eigenvalue weighted by Crippen LogP contribution is 2.43. The average molecular weight is 553 g/mol. The number of H-pyrrole nitrogens is 1. The van der Waals surface area contributed by atoms with E-state index in [-0.39, 0.29) is 11.8 Å². The number of benzene rings is 2. The Balaban J connectivity index is 1.64. The summed E-state index contributed by atoms with van der Waals surface area (Å²) in [5.74, 6) is 0.790. The van der Waals surface area contributed by atoms with Gasteiger partial charge in [-0.15, -0.1) is 5.10 Å². The van der Waals surface area contributed by atoms with Crippen molar-refractivity contribution in [3.05, 3.63) is 83.9 Å². The summed E-state index contributed by atoms with van der Waals surface area (Å²) in [7, 11) is 0. The first-order valence-corrected chi connectivity index (χ1v) is 10.7. The monoisotopic (exact) mass is 552 g/mol. The molecule has 0 saturated heterocycles. The number of rotatable bonds is 4. The molecular formula is C21H15Cl2IN4O2. The molecule has 1 atom stereocenters. The molecule has 9 heteroatoms. The van der Waals surface area contributed by atoms with E-state index in [1.807, 2.05) is 31.2 Å². The molecule has 0 bridgehead atoms. The van der Waals surface area contributed by atoms with E-state index >= 15 is 0 Å². The number of hydrogen-bond donors (Lipinski definition) is 2. The number of nitrogens with zero attached hydrogens (tertiary/aromatic N) is 2. The van der Waals surface area contributed by atoms with Gasteiger partial charge in [-0.05, 0) is 59.3 Å². The van der Waals surface area contributed by atoms with Gasteiger partial charge in [0, 0.05) is 26.9 Å². The summed E-state index contributed by atoms with van der Waals surface area (Å²) in [4.78, 5) is 0. The molecule has 0 spiro atoms. The van der Waals surface area contributed by atoms with E-state index in [1.54, 1.807) is 12.1 Å². The average Bonchev–Trinajstić information content (AvgIpc) is 3.07. The van der Waals surface area contributed by atoms with E-state index in [2.05, 4.69) is 38.9 Å². The Kier molecular flexibility index (Phi) is 5.82. The van der Waals surface area contributed by atoms with Crippen LogP contribution >= 0.6 is 45.8 Å². The molecule has 0 unspecified atom stereocenters. The van der Waals surface area contributed by atoms with Gasteiger partial charge in [0.05, 0.1) is 9.49 Å². The molecule has 1 aliphatic rings. The topological polar surface area (TPSA) is 97.0 Å². The quantitative estimate of drug-likeness (QED) is 0.421. The van der Waals surface area contributed by atoms with Crippen LogP contribution in [0.25, 0.3) is 0 Å². The molecule has 3 aromatic rings. The molecule has 0 aliphatic carbocycles. The maximum atomic E-state index is 9.68. The number of aryl methyl sites for hydroxylation is 1. The Hall–Kier alpha value is -2.41. The number of nitriles is 1. The predicted octanol–water partition coefficient (Wildman–Crippen LogP) is 5.43. The molecule has 4 rings (SSSR count). The van der Waals surface area contributed by atoms with Crippen LogP contribution in [0.2, 0.25) is 10.0 Å². The summed E-state index contributed by atoms with van der Waals surface area (Å²) in [6.45, 7) is 2.20. The number of hydrogen-bond acceptors (Lipinski definition) is 5. The lowest BCUT2D eigenvalue weighted by Crippen LogP contribution is -2.21. The first-order chi connectivity index (χ1) is 14.4. The van der Waals surface area contributed by atoms with E-state index in [1.165, 1.54) is 0 Å². The smallest absolute Gasteiger partial charge is 0.244 e. The first-order valence-electron chi connectivity index (χ1n) is 8.87. The van der Waals surface area contributed by atoms with Gasteiger partial charge in [-0.3, -0.25) is 5.10 Å². The van der Waals surface area contributed by atoms with Gasteiger partial charge in [0.2, 0.25) is 11.8 Å². The summed E-state index contributed by atoms with van der Waals surface area (Å²) >= 11 is 14.4. The molecule has 2 heterocycles. The van der Waals surface area contributed by atoms with Gasteiger partial charge in [-0.1, -0.05) is 35.3 Å². The highest BCUT2D eigenvalue weighted by atomic mass is 127. The molecule has 1 aliphatic heterocycles. The van der Waals surface area contributed by atoms with Crippen LogP contribution in [0.15, 0.2) is 47.9 Å². The van der Waals surface area contributed by atoms with Crippen LogP contribution in [-0.4, -0.2) is 10.2 Å². The van der Waals surface area contributed by atoms with Crippen molar-refractivity contribution < 1.29 is 9.47 Å². The molecular weight excluding hydrogens is 538 g/mol. The number of aromatic amines is 1. The SMILES string of the molecule is Cc1[nH]nc2c1[C@H](c1ccc(OCc3ccc(Cl)cc3Cl)c(I)c1)C(C#N)=C(N)O2. The normalized spacial score (nSPS) is 15.4. The fourth-order valence-corrected chi connectivity index (χ4v) is 4.50. The summed E-state index contributed by atoms with van der Waals surface area (Å²) in [5.41, 5.74) is 9.69. The van der Waals surface area contributed by atoms with Crippen LogP contribution in [0.5, 0.6) is 11.6 Å². The Morgan fingerprint density at radius 1 is 1.30 bits per heavy atom. The van der Waals surface area contributed by atoms with E-state index in [0.717, 1.165) is 26.0 Å². The van der Waals surface area contributed by atoms with E-state index in [0.29, 0.717) is 33.9 Å². The van der Waals surface area contributed by atoms with Crippen molar-refractivity contribution >= 4 is 45.8 Å². The van der Waals surface area contributed by atoms with Gasteiger partial charge in [0.15, 0.2) is 0 Å². The van der Waals surface area contributed by atoms with Crippen LogP contribution < -0.4 is 15.2 Å². The Morgan fingerprint density at radius 2 is 2.10 bits per heavy atom. The van der Waals surface area contributed by atoms with E-state index in [4.69, 9.17) is 38.4 Å². The van der Waals surface area contributed by atoms with Crippen molar-refractivity contribution in [2.45, 2.75) is 19.4 Å². The number of fused-ring (bicyclic) bond motifs is 1. The van der Waals surface area contributed by atoms with Gasteiger partial charge in [0.1, 0.15) is 24.0 Å². The van der Waals surface area contributed by atoms with Gasteiger partial charge in [0.25, 0.3) is 0 Å². The van der Waals surface area contributed by atoms with Gasteiger partial charge in [-0.25, -0.2) is 0 Å². The third-order valence-electron chi connectivity index (χ3n) is 4.82. The van der Waals surface area contributed by atoms with Crippen molar-refractivity contribution in [2.75, 3.05) is 0 Å². The second kappa shape index (κ2) is 8.38. The molecule has 152 valence electrons. The highest BCUT2D eigenvalue weighted by molar-refractivity contribution is 14.1. The Bertz CT molecular complexity index is 1220. The lowest BCUT2D eigenvalue weighted by Gasteiger charge is -2.24. The number of nitrogens with two attached hydrogens (primary N) is 1. The van der Waals surface area contributed by atoms with E-state index < -0.39 is 0 Å². The van der Waals surface area contributed by atoms with E-state index in [9.17, 15) is 5.26 Å². The second-order valence-electron chi connectivity index (χ2n) is 6.71. The fraction of sp³-hybridized carbons (Fsp3) is 0.143. The van der Waals surface area contributed by atoms with Crippen molar-refractivity contribution in [2.24, 2.45) is 5.73 Å². The number of ether oxygens (including phenoxy) is 2. The van der Waals surface area contributed by atoms with Crippen molar-refractivity contribution in [1.82, 2.24) is 10.2 Å². The third kappa shape index (κ3) is 3.83. The first kappa shape index (κ1) is 20.8. The largest absolute Gasteiger partial charge is 0.488 e. The zero-order valence-corrected chi connectivity index (χ0v) is 19.3. The molecule has 0 saturated carbocycles. The zero-order chi connectivity index (χ0) is 21.4. The second-order valence-corrected chi connectivity index (χ2v) is 8.71. The molecule has 0 amide bonds. The maximum absolute atomic E-state index is 9.68. The molecule has 3 N–H and O–H groups in total. The fourth-order valence-electron chi connectivity index (χ4n) is 3.34. The molecule has 30 heavy (non-hydrogen) atoms. The van der Waals surface area contributed by atoms with Crippen LogP contribution in [-0.2, 0) is 6.61 Å². The third-order valence-corrected chi connectivity index (χ3v) is 6.25. The van der Waals surface area contributed by atoms with Crippen LogP contribution in [0.3, 0.4) is 0 Å². The standard InChI is InChI=1S/C21H15Cl2IN4O2/c1-10-18-19(14(8-25)20(26)30-21(18)28-27-10)11-3-5-17(16(24)6-11)29-9-12-2-4-13(22)7-15(12)23/h2-7,19H,9,26H2,1H3,(H,27,28)/t19-/m1/s1. The molecule has 2 aromatic carbocycles. The Labute approximate surface area is 196 Å². The minimum absolute atomic E-state index is 0.0641. The van der Waals surface area contributed by atoms with Gasteiger partial charge >= 0.3 is 0 Å². The molecule has 1 aromatic heterocycles. The lowest BCUT2D eigenvalue weighted by molar-refractivity contribution is 0.304. The predicted molar refractivity (Wildman–Crippen MR) is 123 cm³/mol. The number of nitrogens with one attached hydrogen (secondary N) is 1.